The van der Waals surface area contributed by atoms with Crippen LogP contribution in [0, 0.1) is 28.4 Å². The Bertz CT molecular complexity index is 710. The number of nitro groups is 1. The van der Waals surface area contributed by atoms with Gasteiger partial charge in [-0.2, -0.15) is 5.26 Å². The Balaban J connectivity index is 2.42. The zero-order chi connectivity index (χ0) is 14.5. The smallest absolute Gasteiger partial charge is 0.258 e. The van der Waals surface area contributed by atoms with Crippen molar-refractivity contribution in [1.29, 1.82) is 5.26 Å². The van der Waals surface area contributed by atoms with Crippen molar-refractivity contribution >= 4 is 17.3 Å². The molecule has 0 heterocycles. The van der Waals surface area contributed by atoms with Crippen LogP contribution in [0.25, 0.3) is 11.6 Å². The minimum absolute atomic E-state index is 0.0208. The molecule has 0 bridgehead atoms. The molecular formula is C16H12N2O2. The molecule has 0 amide bonds. The van der Waals surface area contributed by atoms with E-state index in [-0.39, 0.29) is 5.69 Å². The second-order valence-electron chi connectivity index (χ2n) is 4.39. The van der Waals surface area contributed by atoms with E-state index in [9.17, 15) is 15.4 Å². The van der Waals surface area contributed by atoms with Gasteiger partial charge in [0.2, 0.25) is 0 Å². The van der Waals surface area contributed by atoms with Crippen LogP contribution in [0.15, 0.2) is 48.5 Å². The summed E-state index contributed by atoms with van der Waals surface area (Å²) in [6.45, 7) is 1.99. The van der Waals surface area contributed by atoms with E-state index in [2.05, 4.69) is 6.07 Å². The van der Waals surface area contributed by atoms with Crippen molar-refractivity contribution < 1.29 is 4.92 Å². The topological polar surface area (TPSA) is 66.9 Å². The molecule has 20 heavy (non-hydrogen) atoms. The maximum atomic E-state index is 10.8. The zero-order valence-electron chi connectivity index (χ0n) is 10.9. The lowest BCUT2D eigenvalue weighted by Gasteiger charge is -2.00. The third-order valence-electron chi connectivity index (χ3n) is 2.88. The molecule has 0 aliphatic carbocycles. The van der Waals surface area contributed by atoms with Gasteiger partial charge in [-0.3, -0.25) is 10.1 Å². The number of allylic oxidation sites excluding steroid dienone is 1. The summed E-state index contributed by atoms with van der Waals surface area (Å²) in [6, 6.07) is 15.9. The van der Waals surface area contributed by atoms with E-state index in [0.717, 1.165) is 11.1 Å². The van der Waals surface area contributed by atoms with Gasteiger partial charge in [-0.15, -0.1) is 0 Å². The van der Waals surface area contributed by atoms with Crippen molar-refractivity contribution in [3.8, 4) is 6.07 Å². The first-order chi connectivity index (χ1) is 9.60. The normalized spacial score (nSPS) is 10.9. The second kappa shape index (κ2) is 5.81. The number of aryl methyl sites for hydroxylation is 1. The number of nitriles is 1. The lowest BCUT2D eigenvalue weighted by molar-refractivity contribution is -0.384. The molecule has 0 aliphatic rings. The number of hydrogen-bond donors (Lipinski definition) is 0. The summed E-state index contributed by atoms with van der Waals surface area (Å²) >= 11 is 0. The molecule has 0 spiro atoms. The Hall–Kier alpha value is -2.93. The predicted octanol–water partition coefficient (Wildman–Crippen LogP) is 3.97. The van der Waals surface area contributed by atoms with E-state index >= 15 is 0 Å². The molecular weight excluding hydrogens is 252 g/mol. The minimum atomic E-state index is -0.468. The van der Waals surface area contributed by atoms with Gasteiger partial charge < -0.3 is 0 Å². The Morgan fingerprint density at radius 1 is 1.25 bits per heavy atom. The molecule has 2 rings (SSSR count). The fraction of sp³-hybridized carbons (Fsp3) is 0.0625. The SMILES string of the molecule is Cc1ccc(/C=C(/C#N)c2cccc([N+](=O)[O-])c2)cc1. The van der Waals surface area contributed by atoms with E-state index in [1.54, 1.807) is 18.2 Å². The van der Waals surface area contributed by atoms with Crippen molar-refractivity contribution in [3.63, 3.8) is 0 Å². The summed E-state index contributed by atoms with van der Waals surface area (Å²) in [6.07, 6.45) is 1.72. The highest BCUT2D eigenvalue weighted by molar-refractivity contribution is 5.90. The van der Waals surface area contributed by atoms with Crippen LogP contribution in [0.1, 0.15) is 16.7 Å². The Kier molecular flexibility index (Phi) is 3.92. The second-order valence-corrected chi connectivity index (χ2v) is 4.39. The highest BCUT2D eigenvalue weighted by atomic mass is 16.6. The molecule has 0 unspecified atom stereocenters. The zero-order valence-corrected chi connectivity index (χ0v) is 10.9. The number of hydrogen-bond acceptors (Lipinski definition) is 3. The Morgan fingerprint density at radius 3 is 2.55 bits per heavy atom. The van der Waals surface area contributed by atoms with Crippen molar-refractivity contribution in [2.24, 2.45) is 0 Å². The van der Waals surface area contributed by atoms with Gasteiger partial charge in [0, 0.05) is 12.1 Å². The summed E-state index contributed by atoms with van der Waals surface area (Å²) in [7, 11) is 0. The van der Waals surface area contributed by atoms with Gasteiger partial charge in [-0.25, -0.2) is 0 Å². The molecule has 98 valence electrons. The number of benzene rings is 2. The molecule has 0 aliphatic heterocycles. The summed E-state index contributed by atoms with van der Waals surface area (Å²) in [5.74, 6) is 0. The first kappa shape index (κ1) is 13.5. The third kappa shape index (κ3) is 3.09. The average molecular weight is 264 g/mol. The summed E-state index contributed by atoms with van der Waals surface area (Å²) in [5.41, 5.74) is 2.95. The highest BCUT2D eigenvalue weighted by Gasteiger charge is 2.08. The molecule has 0 radical (unpaired) electrons. The van der Waals surface area contributed by atoms with Crippen molar-refractivity contribution in [3.05, 3.63) is 75.3 Å². The van der Waals surface area contributed by atoms with Crippen LogP contribution >= 0.6 is 0 Å². The van der Waals surface area contributed by atoms with E-state index < -0.39 is 4.92 Å². The fourth-order valence-electron chi connectivity index (χ4n) is 1.80. The van der Waals surface area contributed by atoms with Gasteiger partial charge in [0.25, 0.3) is 5.69 Å². The number of nitrogens with zero attached hydrogens (tertiary/aromatic N) is 2. The van der Waals surface area contributed by atoms with Crippen LogP contribution in [0.2, 0.25) is 0 Å². The first-order valence-electron chi connectivity index (χ1n) is 6.03. The molecule has 0 atom stereocenters. The predicted molar refractivity (Wildman–Crippen MR) is 77.8 cm³/mol. The number of non-ortho nitro benzene ring substituents is 1. The fourth-order valence-corrected chi connectivity index (χ4v) is 1.80. The molecule has 0 fully saturated rings. The van der Waals surface area contributed by atoms with Crippen molar-refractivity contribution in [1.82, 2.24) is 0 Å². The molecule has 4 heteroatoms. The van der Waals surface area contributed by atoms with Crippen LogP contribution in [-0.2, 0) is 0 Å². The lowest BCUT2D eigenvalue weighted by Crippen LogP contribution is -1.89. The summed E-state index contributed by atoms with van der Waals surface area (Å²) < 4.78 is 0. The average Bonchev–Trinajstić information content (AvgIpc) is 2.46. The van der Waals surface area contributed by atoms with Crippen LogP contribution in [0.4, 0.5) is 5.69 Å². The van der Waals surface area contributed by atoms with Gasteiger partial charge in [0.05, 0.1) is 16.6 Å². The molecule has 2 aromatic carbocycles. The molecule has 0 saturated carbocycles. The van der Waals surface area contributed by atoms with Crippen molar-refractivity contribution in [2.75, 3.05) is 0 Å². The third-order valence-corrected chi connectivity index (χ3v) is 2.88. The monoisotopic (exact) mass is 264 g/mol. The van der Waals surface area contributed by atoms with Crippen LogP contribution in [0.3, 0.4) is 0 Å². The van der Waals surface area contributed by atoms with E-state index in [1.165, 1.54) is 12.1 Å². The van der Waals surface area contributed by atoms with E-state index in [1.807, 2.05) is 31.2 Å². The standard InChI is InChI=1S/C16H12N2O2/c1-12-5-7-13(8-6-12)9-15(11-17)14-3-2-4-16(10-14)18(19)20/h2-10H,1H3/b15-9-. The first-order valence-corrected chi connectivity index (χ1v) is 6.03. The van der Waals surface area contributed by atoms with Gasteiger partial charge in [-0.05, 0) is 24.1 Å². The molecule has 0 N–H and O–H groups in total. The molecule has 0 aromatic heterocycles. The van der Waals surface area contributed by atoms with Crippen LogP contribution in [-0.4, -0.2) is 4.92 Å². The Labute approximate surface area is 116 Å². The van der Waals surface area contributed by atoms with Crippen LogP contribution < -0.4 is 0 Å². The summed E-state index contributed by atoms with van der Waals surface area (Å²) in [5, 5.41) is 20.0. The van der Waals surface area contributed by atoms with E-state index in [4.69, 9.17) is 0 Å². The van der Waals surface area contributed by atoms with Crippen LogP contribution in [0.5, 0.6) is 0 Å². The molecule has 0 saturated heterocycles. The quantitative estimate of drug-likeness (QED) is 0.364. The molecule has 2 aromatic rings. The number of nitro benzene ring substituents is 1. The largest absolute Gasteiger partial charge is 0.270 e. The Morgan fingerprint density at radius 2 is 1.95 bits per heavy atom. The maximum Gasteiger partial charge on any atom is 0.270 e. The van der Waals surface area contributed by atoms with Gasteiger partial charge in [0.1, 0.15) is 0 Å². The summed E-state index contributed by atoms with van der Waals surface area (Å²) in [4.78, 5) is 10.3. The highest BCUT2D eigenvalue weighted by Crippen LogP contribution is 2.22. The minimum Gasteiger partial charge on any atom is -0.258 e. The van der Waals surface area contributed by atoms with E-state index in [0.29, 0.717) is 11.1 Å². The van der Waals surface area contributed by atoms with Gasteiger partial charge in [0.15, 0.2) is 0 Å². The lowest BCUT2D eigenvalue weighted by atomic mass is 10.0. The molecule has 4 nitrogen and oxygen atoms in total. The van der Waals surface area contributed by atoms with Gasteiger partial charge in [-0.1, -0.05) is 42.0 Å². The maximum absolute atomic E-state index is 10.8. The van der Waals surface area contributed by atoms with Gasteiger partial charge >= 0.3 is 0 Å². The van der Waals surface area contributed by atoms with Crippen molar-refractivity contribution in [2.45, 2.75) is 6.92 Å². The number of rotatable bonds is 3.